The van der Waals surface area contributed by atoms with Crippen LogP contribution < -0.4 is 10.6 Å². The highest BCUT2D eigenvalue weighted by Gasteiger charge is 2.03. The van der Waals surface area contributed by atoms with Gasteiger partial charge in [0.1, 0.15) is 12.2 Å². The molecule has 25 heavy (non-hydrogen) atoms. The Balaban J connectivity index is 0.00000312. The SMILES string of the molecule is CN=C(NCCCc1ccc(C(C)C)cc1)NCc1ncnn1C.I. The summed E-state index contributed by atoms with van der Waals surface area (Å²) in [6.07, 6.45) is 3.68. The quantitative estimate of drug-likeness (QED) is 0.291. The first-order valence-electron chi connectivity index (χ1n) is 8.46. The van der Waals surface area contributed by atoms with E-state index in [1.165, 1.54) is 11.1 Å². The minimum atomic E-state index is 0. The van der Waals surface area contributed by atoms with Crippen molar-refractivity contribution in [2.24, 2.45) is 12.0 Å². The highest BCUT2D eigenvalue weighted by Crippen LogP contribution is 2.15. The third kappa shape index (κ3) is 7.01. The maximum atomic E-state index is 4.23. The molecule has 0 fully saturated rings. The van der Waals surface area contributed by atoms with E-state index in [1.807, 2.05) is 7.05 Å². The standard InChI is InChI=1S/C18H28N6.HI/c1-14(2)16-9-7-15(8-10-16)6-5-11-20-18(19-3)21-12-17-22-13-23-24(17)4;/h7-10,13-14H,5-6,11-12H2,1-4H3,(H2,19,20,21);1H. The van der Waals surface area contributed by atoms with Crippen molar-refractivity contribution < 1.29 is 0 Å². The summed E-state index contributed by atoms with van der Waals surface area (Å²) in [6.45, 7) is 5.92. The largest absolute Gasteiger partial charge is 0.356 e. The van der Waals surface area contributed by atoms with E-state index in [9.17, 15) is 0 Å². The zero-order valence-electron chi connectivity index (χ0n) is 15.5. The molecular weight excluding hydrogens is 427 g/mol. The summed E-state index contributed by atoms with van der Waals surface area (Å²) in [5, 5.41) is 10.6. The summed E-state index contributed by atoms with van der Waals surface area (Å²) in [7, 11) is 3.65. The summed E-state index contributed by atoms with van der Waals surface area (Å²) in [5.74, 6) is 2.25. The summed E-state index contributed by atoms with van der Waals surface area (Å²) in [4.78, 5) is 8.41. The molecular formula is C18H29IN6. The van der Waals surface area contributed by atoms with Crippen LogP contribution in [0.25, 0.3) is 0 Å². The average molecular weight is 456 g/mol. The summed E-state index contributed by atoms with van der Waals surface area (Å²) in [5.41, 5.74) is 2.77. The van der Waals surface area contributed by atoms with Gasteiger partial charge in [0.25, 0.3) is 0 Å². The molecule has 2 rings (SSSR count). The maximum absolute atomic E-state index is 4.23. The normalized spacial score (nSPS) is 11.3. The summed E-state index contributed by atoms with van der Waals surface area (Å²) in [6, 6.07) is 8.93. The zero-order chi connectivity index (χ0) is 17.4. The van der Waals surface area contributed by atoms with Crippen LogP contribution in [-0.2, 0) is 20.0 Å². The van der Waals surface area contributed by atoms with Gasteiger partial charge < -0.3 is 10.6 Å². The van der Waals surface area contributed by atoms with E-state index in [-0.39, 0.29) is 24.0 Å². The fourth-order valence-corrected chi connectivity index (χ4v) is 2.43. The Bertz CT molecular complexity index is 648. The number of guanidine groups is 1. The molecule has 7 heteroatoms. The van der Waals surface area contributed by atoms with Gasteiger partial charge in [-0.2, -0.15) is 5.10 Å². The molecule has 0 atom stereocenters. The lowest BCUT2D eigenvalue weighted by atomic mass is 10.0. The van der Waals surface area contributed by atoms with E-state index in [0.717, 1.165) is 31.2 Å². The van der Waals surface area contributed by atoms with Crippen molar-refractivity contribution in [2.45, 2.75) is 39.2 Å². The van der Waals surface area contributed by atoms with Crippen LogP contribution in [0.15, 0.2) is 35.6 Å². The lowest BCUT2D eigenvalue weighted by Crippen LogP contribution is -2.38. The first kappa shape index (κ1) is 21.4. The second kappa shape index (κ2) is 11.1. The lowest BCUT2D eigenvalue weighted by Gasteiger charge is -2.11. The van der Waals surface area contributed by atoms with E-state index in [2.05, 4.69) is 63.8 Å². The highest BCUT2D eigenvalue weighted by atomic mass is 127. The van der Waals surface area contributed by atoms with E-state index in [4.69, 9.17) is 0 Å². The Morgan fingerprint density at radius 2 is 1.92 bits per heavy atom. The number of aromatic nitrogens is 3. The summed E-state index contributed by atoms with van der Waals surface area (Å²) >= 11 is 0. The van der Waals surface area contributed by atoms with Gasteiger partial charge in [0.2, 0.25) is 0 Å². The van der Waals surface area contributed by atoms with Crippen LogP contribution in [-0.4, -0.2) is 34.3 Å². The molecule has 0 aliphatic heterocycles. The molecule has 0 unspecified atom stereocenters. The van der Waals surface area contributed by atoms with Gasteiger partial charge in [0.15, 0.2) is 5.96 Å². The van der Waals surface area contributed by atoms with Crippen molar-refractivity contribution in [1.82, 2.24) is 25.4 Å². The smallest absolute Gasteiger partial charge is 0.191 e. The number of aliphatic imine (C=N–C) groups is 1. The molecule has 0 saturated heterocycles. The number of benzene rings is 1. The minimum absolute atomic E-state index is 0. The predicted octanol–water partition coefficient (Wildman–Crippen LogP) is 2.85. The number of hydrogen-bond donors (Lipinski definition) is 2. The van der Waals surface area contributed by atoms with Gasteiger partial charge in [0.05, 0.1) is 6.54 Å². The van der Waals surface area contributed by atoms with Gasteiger partial charge in [-0.05, 0) is 29.9 Å². The second-order valence-electron chi connectivity index (χ2n) is 6.15. The van der Waals surface area contributed by atoms with Crippen molar-refractivity contribution in [3.63, 3.8) is 0 Å². The molecule has 0 aliphatic rings. The van der Waals surface area contributed by atoms with Crippen LogP contribution in [0.1, 0.15) is 43.1 Å². The molecule has 6 nitrogen and oxygen atoms in total. The molecule has 1 aromatic carbocycles. The van der Waals surface area contributed by atoms with Gasteiger partial charge in [-0.25, -0.2) is 4.98 Å². The number of nitrogens with zero attached hydrogens (tertiary/aromatic N) is 4. The van der Waals surface area contributed by atoms with E-state index in [1.54, 1.807) is 18.1 Å². The minimum Gasteiger partial charge on any atom is -0.356 e. The van der Waals surface area contributed by atoms with Gasteiger partial charge in [0, 0.05) is 20.6 Å². The molecule has 2 aromatic rings. The highest BCUT2D eigenvalue weighted by molar-refractivity contribution is 14.0. The van der Waals surface area contributed by atoms with Crippen LogP contribution in [0.3, 0.4) is 0 Å². The first-order valence-corrected chi connectivity index (χ1v) is 8.46. The van der Waals surface area contributed by atoms with Crippen LogP contribution >= 0.6 is 24.0 Å². The molecule has 1 heterocycles. The molecule has 0 bridgehead atoms. The van der Waals surface area contributed by atoms with Crippen molar-refractivity contribution in [2.75, 3.05) is 13.6 Å². The van der Waals surface area contributed by atoms with Gasteiger partial charge in [-0.3, -0.25) is 9.67 Å². The Hall–Kier alpha value is -1.64. The third-order valence-electron chi connectivity index (χ3n) is 4.02. The zero-order valence-corrected chi connectivity index (χ0v) is 17.8. The Labute approximate surface area is 167 Å². The fourth-order valence-electron chi connectivity index (χ4n) is 2.43. The summed E-state index contributed by atoms with van der Waals surface area (Å²) < 4.78 is 1.75. The van der Waals surface area contributed by atoms with Crippen molar-refractivity contribution >= 4 is 29.9 Å². The molecule has 0 spiro atoms. The monoisotopic (exact) mass is 456 g/mol. The molecule has 0 amide bonds. The van der Waals surface area contributed by atoms with Crippen molar-refractivity contribution in [3.05, 3.63) is 47.5 Å². The van der Waals surface area contributed by atoms with E-state index in [0.29, 0.717) is 12.5 Å². The number of rotatable bonds is 7. The van der Waals surface area contributed by atoms with Crippen LogP contribution in [0.5, 0.6) is 0 Å². The topological polar surface area (TPSA) is 67.1 Å². The van der Waals surface area contributed by atoms with E-state index >= 15 is 0 Å². The molecule has 0 saturated carbocycles. The second-order valence-corrected chi connectivity index (χ2v) is 6.15. The molecule has 0 aliphatic carbocycles. The molecule has 1 aromatic heterocycles. The van der Waals surface area contributed by atoms with Gasteiger partial charge in [-0.1, -0.05) is 38.1 Å². The first-order chi connectivity index (χ1) is 11.6. The van der Waals surface area contributed by atoms with Crippen LogP contribution in [0, 0.1) is 0 Å². The number of hydrogen-bond acceptors (Lipinski definition) is 3. The van der Waals surface area contributed by atoms with Crippen LogP contribution in [0.2, 0.25) is 0 Å². The van der Waals surface area contributed by atoms with Crippen LogP contribution in [0.4, 0.5) is 0 Å². The van der Waals surface area contributed by atoms with Crippen molar-refractivity contribution in [1.29, 1.82) is 0 Å². The Kier molecular flexibility index (Phi) is 9.48. The lowest BCUT2D eigenvalue weighted by molar-refractivity contribution is 0.669. The fraction of sp³-hybridized carbons (Fsp3) is 0.500. The van der Waals surface area contributed by atoms with Crippen molar-refractivity contribution in [3.8, 4) is 0 Å². The number of halogens is 1. The third-order valence-corrected chi connectivity index (χ3v) is 4.02. The van der Waals surface area contributed by atoms with E-state index < -0.39 is 0 Å². The predicted molar refractivity (Wildman–Crippen MR) is 113 cm³/mol. The maximum Gasteiger partial charge on any atom is 0.191 e. The molecule has 2 N–H and O–H groups in total. The molecule has 138 valence electrons. The van der Waals surface area contributed by atoms with Gasteiger partial charge >= 0.3 is 0 Å². The molecule has 0 radical (unpaired) electrons. The van der Waals surface area contributed by atoms with Gasteiger partial charge in [-0.15, -0.1) is 24.0 Å². The average Bonchev–Trinajstić information content (AvgIpc) is 2.99. The number of nitrogens with one attached hydrogen (secondary N) is 2. The Morgan fingerprint density at radius 3 is 2.48 bits per heavy atom. The Morgan fingerprint density at radius 1 is 1.20 bits per heavy atom. The number of aryl methyl sites for hydroxylation is 2.